The molecule has 0 saturated heterocycles. The van der Waals surface area contributed by atoms with Crippen molar-refractivity contribution in [2.24, 2.45) is 17.8 Å². The van der Waals surface area contributed by atoms with Crippen LogP contribution in [0, 0.1) is 17.8 Å². The van der Waals surface area contributed by atoms with E-state index >= 15 is 0 Å². The molecule has 0 spiro atoms. The molecule has 1 aromatic heterocycles. The summed E-state index contributed by atoms with van der Waals surface area (Å²) in [7, 11) is 0. The minimum absolute atomic E-state index is 0.286. The molecule has 13 heavy (non-hydrogen) atoms. The van der Waals surface area contributed by atoms with E-state index in [-0.39, 0.29) is 5.78 Å². The second kappa shape index (κ2) is 2.64. The lowest BCUT2D eigenvalue weighted by Gasteiger charge is -2.07. The van der Waals surface area contributed by atoms with Gasteiger partial charge >= 0.3 is 0 Å². The molecular formula is C10H11NOS. The number of hydrogen-bond donors (Lipinski definition) is 0. The number of rotatable bonds is 2. The van der Waals surface area contributed by atoms with E-state index in [0.717, 1.165) is 24.7 Å². The van der Waals surface area contributed by atoms with Crippen molar-refractivity contribution < 1.29 is 4.79 Å². The molecule has 1 heterocycles. The van der Waals surface area contributed by atoms with E-state index in [9.17, 15) is 4.79 Å². The van der Waals surface area contributed by atoms with E-state index in [1.165, 1.54) is 17.8 Å². The average molecular weight is 193 g/mol. The normalized spacial score (nSPS) is 35.8. The number of carbonyl (C=O) groups excluding carboxylic acids is 1. The van der Waals surface area contributed by atoms with Crippen LogP contribution in [0.2, 0.25) is 0 Å². The highest BCUT2D eigenvalue weighted by molar-refractivity contribution is 7.07. The first kappa shape index (κ1) is 7.68. The quantitative estimate of drug-likeness (QED) is 0.675. The summed E-state index contributed by atoms with van der Waals surface area (Å²) in [5.41, 5.74) is 2.43. The van der Waals surface area contributed by atoms with Gasteiger partial charge in [-0.1, -0.05) is 0 Å². The third-order valence-electron chi connectivity index (χ3n) is 3.30. The Hall–Kier alpha value is -0.700. The number of thiazole rings is 1. The fourth-order valence-electron chi connectivity index (χ4n) is 2.47. The molecule has 0 aromatic carbocycles. The van der Waals surface area contributed by atoms with E-state index in [1.807, 2.05) is 5.38 Å². The van der Waals surface area contributed by atoms with Gasteiger partial charge in [-0.15, -0.1) is 11.3 Å². The van der Waals surface area contributed by atoms with Crippen LogP contribution < -0.4 is 0 Å². The van der Waals surface area contributed by atoms with Gasteiger partial charge in [-0.05, 0) is 31.1 Å². The summed E-state index contributed by atoms with van der Waals surface area (Å²) >= 11 is 1.51. The molecule has 2 aliphatic rings. The first-order valence-electron chi connectivity index (χ1n) is 4.77. The van der Waals surface area contributed by atoms with Gasteiger partial charge in [0.05, 0.1) is 5.51 Å². The Kier molecular flexibility index (Phi) is 1.56. The van der Waals surface area contributed by atoms with Crippen molar-refractivity contribution in [2.45, 2.75) is 19.3 Å². The Morgan fingerprint density at radius 3 is 2.77 bits per heavy atom. The summed E-state index contributed by atoms with van der Waals surface area (Å²) in [6.45, 7) is 0. The van der Waals surface area contributed by atoms with Gasteiger partial charge in [-0.2, -0.15) is 0 Å². The van der Waals surface area contributed by atoms with Crippen molar-refractivity contribution in [3.05, 3.63) is 16.6 Å². The maximum absolute atomic E-state index is 11.8. The lowest BCUT2D eigenvalue weighted by molar-refractivity contribution is 0.0910. The summed E-state index contributed by atoms with van der Waals surface area (Å²) < 4.78 is 0. The van der Waals surface area contributed by atoms with E-state index in [2.05, 4.69) is 4.98 Å². The number of carbonyl (C=O) groups is 1. The van der Waals surface area contributed by atoms with Crippen molar-refractivity contribution in [1.29, 1.82) is 0 Å². The van der Waals surface area contributed by atoms with Gasteiger partial charge in [-0.25, -0.2) is 4.98 Å². The SMILES string of the molecule is O=C(c1cscn1)C1CC2CC2C1. The number of aromatic nitrogens is 1. The van der Waals surface area contributed by atoms with Crippen LogP contribution in [0.25, 0.3) is 0 Å². The lowest BCUT2D eigenvalue weighted by atomic mass is 9.97. The number of ketones is 1. The largest absolute Gasteiger partial charge is 0.292 e. The van der Waals surface area contributed by atoms with Crippen LogP contribution in [-0.2, 0) is 0 Å². The third-order valence-corrected chi connectivity index (χ3v) is 3.89. The van der Waals surface area contributed by atoms with Crippen LogP contribution in [0.15, 0.2) is 10.9 Å². The molecule has 0 aliphatic heterocycles. The molecule has 3 heteroatoms. The maximum Gasteiger partial charge on any atom is 0.185 e. The van der Waals surface area contributed by atoms with E-state index < -0.39 is 0 Å². The van der Waals surface area contributed by atoms with Crippen molar-refractivity contribution in [3.63, 3.8) is 0 Å². The number of hydrogen-bond acceptors (Lipinski definition) is 3. The molecule has 1 aromatic rings. The Morgan fingerprint density at radius 1 is 1.38 bits per heavy atom. The summed E-state index contributed by atoms with van der Waals surface area (Å²) in [6, 6.07) is 0. The predicted octanol–water partition coefficient (Wildman–Crippen LogP) is 2.37. The molecule has 0 bridgehead atoms. The molecule has 2 unspecified atom stereocenters. The smallest absolute Gasteiger partial charge is 0.185 e. The first-order valence-corrected chi connectivity index (χ1v) is 5.71. The lowest BCUT2D eigenvalue weighted by Crippen LogP contribution is -2.13. The summed E-state index contributed by atoms with van der Waals surface area (Å²) in [4.78, 5) is 15.9. The van der Waals surface area contributed by atoms with Gasteiger partial charge in [0.2, 0.25) is 0 Å². The van der Waals surface area contributed by atoms with Crippen LogP contribution in [0.5, 0.6) is 0 Å². The highest BCUT2D eigenvalue weighted by Crippen LogP contribution is 2.54. The van der Waals surface area contributed by atoms with Gasteiger partial charge in [-0.3, -0.25) is 4.79 Å². The molecule has 2 atom stereocenters. The molecule has 2 saturated carbocycles. The zero-order chi connectivity index (χ0) is 8.84. The van der Waals surface area contributed by atoms with Crippen molar-refractivity contribution in [3.8, 4) is 0 Å². The highest BCUT2D eigenvalue weighted by Gasteiger charge is 2.48. The van der Waals surface area contributed by atoms with Crippen molar-refractivity contribution in [1.82, 2.24) is 4.98 Å². The van der Waals surface area contributed by atoms with Crippen molar-refractivity contribution in [2.75, 3.05) is 0 Å². The van der Waals surface area contributed by atoms with Gasteiger partial charge in [0.25, 0.3) is 0 Å². The van der Waals surface area contributed by atoms with Crippen LogP contribution in [0.3, 0.4) is 0 Å². The summed E-state index contributed by atoms with van der Waals surface area (Å²) in [5.74, 6) is 2.35. The maximum atomic E-state index is 11.8. The Labute approximate surface area is 81.0 Å². The minimum atomic E-state index is 0.286. The standard InChI is InChI=1S/C10H11NOS/c12-10(9-4-13-5-11-9)8-2-6-1-7(6)3-8/h4-8H,1-3H2. The molecule has 3 rings (SSSR count). The fourth-order valence-corrected chi connectivity index (χ4v) is 3.01. The Bertz CT molecular complexity index is 323. The highest BCUT2D eigenvalue weighted by atomic mass is 32.1. The molecular weight excluding hydrogens is 182 g/mol. The van der Waals surface area contributed by atoms with Crippen LogP contribution in [0.4, 0.5) is 0 Å². The van der Waals surface area contributed by atoms with Crippen LogP contribution >= 0.6 is 11.3 Å². The minimum Gasteiger partial charge on any atom is -0.292 e. The summed E-state index contributed by atoms with van der Waals surface area (Å²) in [6.07, 6.45) is 3.63. The van der Waals surface area contributed by atoms with E-state index in [0.29, 0.717) is 11.6 Å². The molecule has 2 aliphatic carbocycles. The fraction of sp³-hybridized carbons (Fsp3) is 0.600. The molecule has 0 N–H and O–H groups in total. The van der Waals surface area contributed by atoms with E-state index in [1.54, 1.807) is 5.51 Å². The average Bonchev–Trinajstić information content (AvgIpc) is 2.63. The van der Waals surface area contributed by atoms with Gasteiger partial charge in [0.15, 0.2) is 5.78 Å². The monoisotopic (exact) mass is 193 g/mol. The van der Waals surface area contributed by atoms with Crippen LogP contribution in [0.1, 0.15) is 29.8 Å². The van der Waals surface area contributed by atoms with Gasteiger partial charge in [0, 0.05) is 11.3 Å². The number of Topliss-reactive ketones (excluding diaryl/α,β-unsaturated/α-hetero) is 1. The Morgan fingerprint density at radius 2 is 2.15 bits per heavy atom. The Balaban J connectivity index is 1.75. The third kappa shape index (κ3) is 1.22. The topological polar surface area (TPSA) is 30.0 Å². The molecule has 0 radical (unpaired) electrons. The van der Waals surface area contributed by atoms with Gasteiger partial charge < -0.3 is 0 Å². The molecule has 2 fully saturated rings. The number of fused-ring (bicyclic) bond motifs is 1. The van der Waals surface area contributed by atoms with Gasteiger partial charge in [0.1, 0.15) is 5.69 Å². The zero-order valence-corrected chi connectivity index (χ0v) is 8.09. The zero-order valence-electron chi connectivity index (χ0n) is 7.27. The summed E-state index contributed by atoms with van der Waals surface area (Å²) in [5, 5.41) is 1.87. The van der Waals surface area contributed by atoms with Crippen LogP contribution in [-0.4, -0.2) is 10.8 Å². The first-order chi connectivity index (χ1) is 6.34. The molecule has 0 amide bonds. The second-order valence-electron chi connectivity index (χ2n) is 4.16. The predicted molar refractivity (Wildman–Crippen MR) is 50.8 cm³/mol. The second-order valence-corrected chi connectivity index (χ2v) is 4.88. The van der Waals surface area contributed by atoms with Crippen molar-refractivity contribution >= 4 is 17.1 Å². The number of nitrogens with zero attached hydrogens (tertiary/aromatic N) is 1. The van der Waals surface area contributed by atoms with E-state index in [4.69, 9.17) is 0 Å². The molecule has 2 nitrogen and oxygen atoms in total. The molecule has 68 valence electrons.